The molecule has 0 unspecified atom stereocenters. The average Bonchev–Trinajstić information content (AvgIpc) is 2.37. The molecule has 1 aromatic heterocycles. The van der Waals surface area contributed by atoms with Crippen LogP contribution < -0.4 is 0 Å². The number of nitrogens with zero attached hydrogens (tertiary/aromatic N) is 2. The molecule has 0 saturated heterocycles. The molecule has 0 saturated carbocycles. The summed E-state index contributed by atoms with van der Waals surface area (Å²) in [6, 6.07) is 0. The number of carbonyl (C=O) groups excluding carboxylic acids is 1. The second-order valence-electron chi connectivity index (χ2n) is 3.39. The van der Waals surface area contributed by atoms with E-state index in [2.05, 4.69) is 5.10 Å². The van der Waals surface area contributed by atoms with Crippen LogP contribution in [0.5, 0.6) is 0 Å². The van der Waals surface area contributed by atoms with E-state index in [1.54, 1.807) is 7.05 Å². The molecule has 0 bridgehead atoms. The summed E-state index contributed by atoms with van der Waals surface area (Å²) in [5.74, 6) is 0.0799. The molecule has 1 aliphatic heterocycles. The molecule has 0 atom stereocenters. The van der Waals surface area contributed by atoms with Gasteiger partial charge in [0.25, 0.3) is 0 Å². The lowest BCUT2D eigenvalue weighted by atomic mass is 10.1. The Morgan fingerprint density at radius 3 is 2.86 bits per heavy atom. The molecule has 5 nitrogen and oxygen atoms in total. The summed E-state index contributed by atoms with van der Waals surface area (Å²) in [6.45, 7) is 0. The van der Waals surface area contributed by atoms with E-state index in [0.29, 0.717) is 17.8 Å². The number of carbonyl (C=O) groups is 1. The van der Waals surface area contributed by atoms with E-state index >= 15 is 0 Å². The normalized spacial score (nSPS) is 18.9. The van der Waals surface area contributed by atoms with Crippen molar-refractivity contribution in [2.75, 3.05) is 5.75 Å². The Morgan fingerprint density at radius 2 is 2.21 bits per heavy atom. The summed E-state index contributed by atoms with van der Waals surface area (Å²) in [4.78, 5) is 10.7. The van der Waals surface area contributed by atoms with Crippen molar-refractivity contribution in [3.05, 3.63) is 17.0 Å². The molecular weight excluding hydrogens is 204 g/mol. The van der Waals surface area contributed by atoms with Gasteiger partial charge in [-0.3, -0.25) is 9.48 Å². The first kappa shape index (κ1) is 9.39. The van der Waals surface area contributed by atoms with Gasteiger partial charge >= 0.3 is 0 Å². The van der Waals surface area contributed by atoms with E-state index in [-0.39, 0.29) is 11.5 Å². The zero-order valence-electron chi connectivity index (χ0n) is 7.73. The molecule has 0 aliphatic carbocycles. The highest BCUT2D eigenvalue weighted by Gasteiger charge is 2.27. The molecule has 6 heteroatoms. The van der Waals surface area contributed by atoms with Crippen LogP contribution in [0.3, 0.4) is 0 Å². The lowest BCUT2D eigenvalue weighted by Gasteiger charge is -2.10. The van der Waals surface area contributed by atoms with E-state index in [4.69, 9.17) is 0 Å². The van der Waals surface area contributed by atoms with E-state index in [9.17, 15) is 13.2 Å². The number of aryl methyl sites for hydroxylation is 1. The lowest BCUT2D eigenvalue weighted by molar-refractivity contribution is 0.111. The minimum atomic E-state index is -3.00. The van der Waals surface area contributed by atoms with Crippen LogP contribution in [0.25, 0.3) is 0 Å². The molecule has 0 amide bonds. The van der Waals surface area contributed by atoms with Crippen LogP contribution in [-0.4, -0.2) is 30.2 Å². The Morgan fingerprint density at radius 1 is 1.50 bits per heavy atom. The third-order valence-electron chi connectivity index (χ3n) is 2.41. The lowest BCUT2D eigenvalue weighted by Crippen LogP contribution is -2.18. The van der Waals surface area contributed by atoms with E-state index in [1.807, 2.05) is 0 Å². The number of aromatic nitrogens is 2. The molecule has 14 heavy (non-hydrogen) atoms. The minimum Gasteiger partial charge on any atom is -0.296 e. The fourth-order valence-electron chi connectivity index (χ4n) is 1.71. The number of aldehydes is 1. The highest BCUT2D eigenvalue weighted by Crippen LogP contribution is 2.21. The number of hydrogen-bond acceptors (Lipinski definition) is 4. The van der Waals surface area contributed by atoms with Gasteiger partial charge in [-0.05, 0) is 6.42 Å². The first-order valence-electron chi connectivity index (χ1n) is 4.24. The summed E-state index contributed by atoms with van der Waals surface area (Å²) in [5.41, 5.74) is 1.81. The molecule has 0 aromatic carbocycles. The Hall–Kier alpha value is -1.17. The molecule has 2 rings (SSSR count). The molecule has 0 radical (unpaired) electrons. The van der Waals surface area contributed by atoms with Gasteiger partial charge in [-0.15, -0.1) is 0 Å². The Bertz CT molecular complexity index is 487. The van der Waals surface area contributed by atoms with Gasteiger partial charge in [0, 0.05) is 12.6 Å². The van der Waals surface area contributed by atoms with Gasteiger partial charge in [-0.25, -0.2) is 8.42 Å². The molecule has 0 N–H and O–H groups in total. The van der Waals surface area contributed by atoms with Crippen molar-refractivity contribution in [3.63, 3.8) is 0 Å². The zero-order valence-corrected chi connectivity index (χ0v) is 8.54. The Kier molecular flexibility index (Phi) is 1.95. The van der Waals surface area contributed by atoms with Crippen molar-refractivity contribution in [1.29, 1.82) is 0 Å². The first-order valence-corrected chi connectivity index (χ1v) is 6.06. The summed E-state index contributed by atoms with van der Waals surface area (Å²) < 4.78 is 24.0. The summed E-state index contributed by atoms with van der Waals surface area (Å²) in [5, 5.41) is 4.02. The van der Waals surface area contributed by atoms with Gasteiger partial charge in [0.15, 0.2) is 16.1 Å². The van der Waals surface area contributed by atoms with Gasteiger partial charge in [0.1, 0.15) is 5.69 Å². The molecule has 0 spiro atoms. The summed E-state index contributed by atoms with van der Waals surface area (Å²) in [6.07, 6.45) is 1.13. The third-order valence-corrected chi connectivity index (χ3v) is 3.95. The van der Waals surface area contributed by atoms with Crippen LogP contribution in [0.1, 0.15) is 21.7 Å². The maximum atomic E-state index is 11.3. The Balaban J connectivity index is 2.57. The molecule has 0 fully saturated rings. The smallest absolute Gasteiger partial charge is 0.168 e. The average molecular weight is 214 g/mol. The highest BCUT2D eigenvalue weighted by atomic mass is 32.2. The van der Waals surface area contributed by atoms with E-state index in [1.165, 1.54) is 4.68 Å². The monoisotopic (exact) mass is 214 g/mol. The number of rotatable bonds is 1. The van der Waals surface area contributed by atoms with Crippen molar-refractivity contribution in [3.8, 4) is 0 Å². The molecule has 76 valence electrons. The van der Waals surface area contributed by atoms with Gasteiger partial charge < -0.3 is 0 Å². The summed E-state index contributed by atoms with van der Waals surface area (Å²) >= 11 is 0. The Labute approximate surface area is 81.6 Å². The highest BCUT2D eigenvalue weighted by molar-refractivity contribution is 7.90. The van der Waals surface area contributed by atoms with Crippen molar-refractivity contribution in [2.45, 2.75) is 12.2 Å². The third kappa shape index (κ3) is 1.35. The van der Waals surface area contributed by atoms with Gasteiger partial charge in [0.2, 0.25) is 0 Å². The van der Waals surface area contributed by atoms with Gasteiger partial charge in [-0.1, -0.05) is 0 Å². The van der Waals surface area contributed by atoms with Gasteiger partial charge in [0.05, 0.1) is 17.2 Å². The van der Waals surface area contributed by atoms with Crippen LogP contribution in [0.2, 0.25) is 0 Å². The predicted molar refractivity (Wildman–Crippen MR) is 49.8 cm³/mol. The topological polar surface area (TPSA) is 69.0 Å². The van der Waals surface area contributed by atoms with Crippen LogP contribution in [-0.2, 0) is 29.1 Å². The second-order valence-corrected chi connectivity index (χ2v) is 5.58. The van der Waals surface area contributed by atoms with Gasteiger partial charge in [-0.2, -0.15) is 5.10 Å². The van der Waals surface area contributed by atoms with Crippen molar-refractivity contribution in [2.24, 2.45) is 7.05 Å². The quantitative estimate of drug-likeness (QED) is 0.602. The minimum absolute atomic E-state index is 0.0377. The second kappa shape index (κ2) is 2.91. The van der Waals surface area contributed by atoms with E-state index in [0.717, 1.165) is 11.8 Å². The van der Waals surface area contributed by atoms with E-state index < -0.39 is 9.84 Å². The fourth-order valence-corrected chi connectivity index (χ4v) is 3.02. The molecular formula is C8H10N2O3S. The first-order chi connectivity index (χ1) is 6.53. The largest absolute Gasteiger partial charge is 0.296 e. The molecule has 1 aliphatic rings. The predicted octanol–water partition coefficient (Wildman–Crippen LogP) is -0.296. The van der Waals surface area contributed by atoms with Crippen molar-refractivity contribution < 1.29 is 13.2 Å². The summed E-state index contributed by atoms with van der Waals surface area (Å²) in [7, 11) is -1.35. The van der Waals surface area contributed by atoms with Crippen molar-refractivity contribution in [1.82, 2.24) is 9.78 Å². The van der Waals surface area contributed by atoms with Crippen LogP contribution in [0.4, 0.5) is 0 Å². The zero-order chi connectivity index (χ0) is 10.3. The SMILES string of the molecule is Cn1nc2c(c1C=O)CCS(=O)(=O)C2. The molecule has 2 heterocycles. The number of fused-ring (bicyclic) bond motifs is 1. The van der Waals surface area contributed by atoms with Crippen molar-refractivity contribution >= 4 is 16.1 Å². The number of hydrogen-bond donors (Lipinski definition) is 0. The molecule has 1 aromatic rings. The van der Waals surface area contributed by atoms with Crippen LogP contribution >= 0.6 is 0 Å². The maximum Gasteiger partial charge on any atom is 0.168 e. The van der Waals surface area contributed by atoms with Crippen LogP contribution in [0, 0.1) is 0 Å². The fraction of sp³-hybridized carbons (Fsp3) is 0.500. The maximum absolute atomic E-state index is 11.3. The number of sulfone groups is 1. The standard InChI is InChI=1S/C8H10N2O3S/c1-10-8(4-11)6-2-3-14(12,13)5-7(6)9-10/h4H,2-3,5H2,1H3. The van der Waals surface area contributed by atoms with Crippen LogP contribution in [0.15, 0.2) is 0 Å².